The van der Waals surface area contributed by atoms with Crippen LogP contribution in [0.1, 0.15) is 17.5 Å². The number of nitrogens with zero attached hydrogens (tertiary/aromatic N) is 1. The molecular weight excluding hydrogens is 241 g/mol. The molecule has 0 aromatic heterocycles. The number of aryl methyl sites for hydroxylation is 1. The standard InChI is InChI=1S/C13H13Cl2N/c1-10-2-4-11(5-3-10)12(8-14)6-7-13(15)9-16/h2-6,13H,7-8H2,1H3/b12-6-. The summed E-state index contributed by atoms with van der Waals surface area (Å²) in [4.78, 5) is 0. The summed E-state index contributed by atoms with van der Waals surface area (Å²) in [6.07, 6.45) is 2.45. The lowest BCUT2D eigenvalue weighted by Gasteiger charge is -2.05. The molecule has 1 aromatic rings. The normalized spacial score (nSPS) is 13.2. The molecule has 0 radical (unpaired) electrons. The Morgan fingerprint density at radius 3 is 2.56 bits per heavy atom. The van der Waals surface area contributed by atoms with Crippen LogP contribution in [0.2, 0.25) is 0 Å². The van der Waals surface area contributed by atoms with Gasteiger partial charge in [0.25, 0.3) is 0 Å². The van der Waals surface area contributed by atoms with Gasteiger partial charge in [-0.3, -0.25) is 0 Å². The van der Waals surface area contributed by atoms with Crippen molar-refractivity contribution >= 4 is 28.8 Å². The number of alkyl halides is 2. The van der Waals surface area contributed by atoms with Crippen LogP contribution in [0.15, 0.2) is 30.3 Å². The molecule has 0 N–H and O–H groups in total. The Bertz CT molecular complexity index is 401. The average molecular weight is 254 g/mol. The summed E-state index contributed by atoms with van der Waals surface area (Å²) >= 11 is 11.6. The van der Waals surface area contributed by atoms with E-state index < -0.39 is 5.38 Å². The maximum atomic E-state index is 8.58. The van der Waals surface area contributed by atoms with Crippen LogP contribution in [0.25, 0.3) is 5.57 Å². The second-order valence-corrected chi connectivity index (χ2v) is 4.36. The molecule has 0 heterocycles. The number of hydrogen-bond acceptors (Lipinski definition) is 1. The number of allylic oxidation sites excluding steroid dienone is 2. The second kappa shape index (κ2) is 6.58. The first-order chi connectivity index (χ1) is 7.67. The summed E-state index contributed by atoms with van der Waals surface area (Å²) in [7, 11) is 0. The van der Waals surface area contributed by atoms with Crippen LogP contribution < -0.4 is 0 Å². The minimum Gasteiger partial charge on any atom is -0.197 e. The Balaban J connectivity index is 2.82. The van der Waals surface area contributed by atoms with Crippen LogP contribution >= 0.6 is 23.2 Å². The van der Waals surface area contributed by atoms with Crippen molar-refractivity contribution in [1.29, 1.82) is 5.26 Å². The Kier molecular flexibility index (Phi) is 5.38. The third kappa shape index (κ3) is 3.89. The van der Waals surface area contributed by atoms with Gasteiger partial charge in [0, 0.05) is 5.88 Å². The minimum atomic E-state index is -0.483. The van der Waals surface area contributed by atoms with E-state index in [1.807, 2.05) is 43.3 Å². The van der Waals surface area contributed by atoms with Crippen LogP contribution in [0.3, 0.4) is 0 Å². The SMILES string of the molecule is Cc1ccc(/C(=C\CC(Cl)C#N)CCl)cc1. The molecule has 0 bridgehead atoms. The summed E-state index contributed by atoms with van der Waals surface area (Å²) in [5, 5.41) is 8.10. The largest absolute Gasteiger partial charge is 0.197 e. The predicted molar refractivity (Wildman–Crippen MR) is 69.7 cm³/mol. The summed E-state index contributed by atoms with van der Waals surface area (Å²) in [5.41, 5.74) is 3.31. The van der Waals surface area contributed by atoms with Gasteiger partial charge >= 0.3 is 0 Å². The summed E-state index contributed by atoms with van der Waals surface area (Å²) in [6, 6.07) is 10.1. The van der Waals surface area contributed by atoms with E-state index in [0.717, 1.165) is 11.1 Å². The molecule has 1 rings (SSSR count). The van der Waals surface area contributed by atoms with Gasteiger partial charge in [-0.05, 0) is 24.5 Å². The number of rotatable bonds is 4. The summed E-state index contributed by atoms with van der Waals surface area (Å²) in [6.45, 7) is 2.04. The monoisotopic (exact) mass is 253 g/mol. The third-order valence-corrected chi connectivity index (χ3v) is 2.84. The summed E-state index contributed by atoms with van der Waals surface area (Å²) < 4.78 is 0. The number of benzene rings is 1. The van der Waals surface area contributed by atoms with Gasteiger partial charge in [-0.15, -0.1) is 23.2 Å². The van der Waals surface area contributed by atoms with Gasteiger partial charge in [0.1, 0.15) is 5.38 Å². The summed E-state index contributed by atoms with van der Waals surface area (Å²) in [5.74, 6) is 0.429. The van der Waals surface area contributed by atoms with Crippen molar-refractivity contribution in [1.82, 2.24) is 0 Å². The lowest BCUT2D eigenvalue weighted by atomic mass is 10.0. The molecule has 0 saturated carbocycles. The molecule has 0 saturated heterocycles. The van der Waals surface area contributed by atoms with E-state index in [1.165, 1.54) is 5.56 Å². The van der Waals surface area contributed by atoms with Crippen LogP contribution in [0, 0.1) is 18.3 Å². The molecule has 0 aliphatic carbocycles. The van der Waals surface area contributed by atoms with Crippen LogP contribution in [0.5, 0.6) is 0 Å². The molecule has 0 amide bonds. The van der Waals surface area contributed by atoms with Crippen LogP contribution in [-0.4, -0.2) is 11.3 Å². The zero-order valence-corrected chi connectivity index (χ0v) is 10.6. The van der Waals surface area contributed by atoms with Gasteiger partial charge < -0.3 is 0 Å². The van der Waals surface area contributed by atoms with Gasteiger partial charge in [-0.2, -0.15) is 5.26 Å². The maximum Gasteiger partial charge on any atom is 0.124 e. The van der Waals surface area contributed by atoms with E-state index >= 15 is 0 Å². The molecule has 16 heavy (non-hydrogen) atoms. The third-order valence-electron chi connectivity index (χ3n) is 2.28. The highest BCUT2D eigenvalue weighted by Crippen LogP contribution is 2.18. The average Bonchev–Trinajstić information content (AvgIpc) is 2.31. The zero-order chi connectivity index (χ0) is 12.0. The zero-order valence-electron chi connectivity index (χ0n) is 9.08. The number of halogens is 2. The van der Waals surface area contributed by atoms with E-state index in [0.29, 0.717) is 12.3 Å². The van der Waals surface area contributed by atoms with Crippen molar-refractivity contribution in [2.24, 2.45) is 0 Å². The van der Waals surface area contributed by atoms with Crippen molar-refractivity contribution in [3.05, 3.63) is 41.5 Å². The van der Waals surface area contributed by atoms with E-state index in [1.54, 1.807) is 0 Å². The van der Waals surface area contributed by atoms with E-state index in [-0.39, 0.29) is 0 Å². The second-order valence-electron chi connectivity index (χ2n) is 3.56. The van der Waals surface area contributed by atoms with Crippen LogP contribution in [0.4, 0.5) is 0 Å². The van der Waals surface area contributed by atoms with Crippen molar-refractivity contribution < 1.29 is 0 Å². The predicted octanol–water partition coefficient (Wildman–Crippen LogP) is 4.14. The quantitative estimate of drug-likeness (QED) is 0.741. The topological polar surface area (TPSA) is 23.8 Å². The molecule has 3 heteroatoms. The fraction of sp³-hybridized carbons (Fsp3) is 0.308. The molecule has 1 atom stereocenters. The smallest absolute Gasteiger partial charge is 0.124 e. The molecule has 0 fully saturated rings. The lowest BCUT2D eigenvalue weighted by molar-refractivity contribution is 1.07. The highest BCUT2D eigenvalue weighted by molar-refractivity contribution is 6.23. The fourth-order valence-corrected chi connectivity index (χ4v) is 1.67. The molecular formula is C13H13Cl2N. The van der Waals surface area contributed by atoms with Gasteiger partial charge in [-0.1, -0.05) is 35.9 Å². The van der Waals surface area contributed by atoms with Crippen molar-refractivity contribution in [2.75, 3.05) is 5.88 Å². The Morgan fingerprint density at radius 1 is 1.44 bits per heavy atom. The lowest BCUT2D eigenvalue weighted by Crippen LogP contribution is -1.93. The molecule has 84 valence electrons. The van der Waals surface area contributed by atoms with Gasteiger partial charge in [-0.25, -0.2) is 0 Å². The Hall–Kier alpha value is -0.970. The van der Waals surface area contributed by atoms with Crippen molar-refractivity contribution in [3.8, 4) is 6.07 Å². The first-order valence-electron chi connectivity index (χ1n) is 5.03. The molecule has 1 nitrogen and oxygen atoms in total. The van der Waals surface area contributed by atoms with Crippen molar-refractivity contribution in [3.63, 3.8) is 0 Å². The first-order valence-corrected chi connectivity index (χ1v) is 6.00. The maximum absolute atomic E-state index is 8.58. The van der Waals surface area contributed by atoms with E-state index in [2.05, 4.69) is 0 Å². The number of nitriles is 1. The van der Waals surface area contributed by atoms with Gasteiger partial charge in [0.15, 0.2) is 0 Å². The van der Waals surface area contributed by atoms with Gasteiger partial charge in [0.2, 0.25) is 0 Å². The molecule has 1 aromatic carbocycles. The molecule has 0 aliphatic heterocycles. The van der Waals surface area contributed by atoms with Gasteiger partial charge in [0.05, 0.1) is 6.07 Å². The molecule has 1 unspecified atom stereocenters. The van der Waals surface area contributed by atoms with E-state index in [9.17, 15) is 0 Å². The Morgan fingerprint density at radius 2 is 2.06 bits per heavy atom. The fourth-order valence-electron chi connectivity index (χ4n) is 1.32. The van der Waals surface area contributed by atoms with E-state index in [4.69, 9.17) is 28.5 Å². The Labute approximate surface area is 106 Å². The first kappa shape index (κ1) is 13.1. The number of hydrogen-bond donors (Lipinski definition) is 0. The van der Waals surface area contributed by atoms with Crippen molar-refractivity contribution in [2.45, 2.75) is 18.7 Å². The van der Waals surface area contributed by atoms with Crippen LogP contribution in [-0.2, 0) is 0 Å². The molecule has 0 aliphatic rings. The minimum absolute atomic E-state index is 0.429. The highest BCUT2D eigenvalue weighted by Gasteiger charge is 2.03. The highest BCUT2D eigenvalue weighted by atomic mass is 35.5. The molecule has 0 spiro atoms.